The molecule has 128 valence electrons. The number of aldehydes is 1. The van der Waals surface area contributed by atoms with Gasteiger partial charge >= 0.3 is 0 Å². The van der Waals surface area contributed by atoms with Crippen molar-refractivity contribution in [2.45, 2.75) is 39.2 Å². The first-order valence-electron chi connectivity index (χ1n) is 8.66. The van der Waals surface area contributed by atoms with E-state index >= 15 is 0 Å². The fraction of sp³-hybridized carbons (Fsp3) is 0.381. The van der Waals surface area contributed by atoms with Crippen LogP contribution in [0.4, 0.5) is 0 Å². The average molecular weight is 341 g/mol. The van der Waals surface area contributed by atoms with Gasteiger partial charge in [0.25, 0.3) is 8.32 Å². The van der Waals surface area contributed by atoms with Crippen LogP contribution in [0.25, 0.3) is 0 Å². The summed E-state index contributed by atoms with van der Waals surface area (Å²) in [6.07, 6.45) is 1.83. The number of benzene rings is 2. The zero-order valence-corrected chi connectivity index (χ0v) is 16.2. The fourth-order valence-electron chi connectivity index (χ4n) is 3.25. The van der Waals surface area contributed by atoms with Crippen LogP contribution in [0.2, 0.25) is 5.04 Å². The van der Waals surface area contributed by atoms with Crippen LogP contribution in [0.1, 0.15) is 34.1 Å². The minimum atomic E-state index is -2.50. The SMILES string of the molecule is CC[C@H](C=O)CO[Si](c1ccccc1)(c1ccccc1)C(C)(C)C. The average Bonchev–Trinajstić information content (AvgIpc) is 2.59. The van der Waals surface area contributed by atoms with Crippen LogP contribution in [0, 0.1) is 5.92 Å². The molecule has 0 spiro atoms. The van der Waals surface area contributed by atoms with E-state index in [1.54, 1.807) is 0 Å². The van der Waals surface area contributed by atoms with E-state index < -0.39 is 8.32 Å². The van der Waals surface area contributed by atoms with Gasteiger partial charge in [-0.15, -0.1) is 0 Å². The molecule has 2 aromatic rings. The van der Waals surface area contributed by atoms with E-state index in [1.807, 2.05) is 19.1 Å². The molecule has 1 atom stereocenters. The van der Waals surface area contributed by atoms with Crippen molar-refractivity contribution < 1.29 is 9.22 Å². The lowest BCUT2D eigenvalue weighted by atomic mass is 10.1. The number of carbonyl (C=O) groups excluding carboxylic acids is 1. The lowest BCUT2D eigenvalue weighted by Crippen LogP contribution is -2.66. The van der Waals surface area contributed by atoms with Gasteiger partial charge in [-0.3, -0.25) is 0 Å². The minimum absolute atomic E-state index is 0.0448. The zero-order chi connectivity index (χ0) is 17.6. The standard InChI is InChI=1S/C21H28O2Si/c1-5-18(16-22)17-23-24(21(2,3)4,19-12-8-6-9-13-19)20-14-10-7-11-15-20/h6-16,18H,5,17H2,1-4H3/t18-/m1/s1. The summed E-state index contributed by atoms with van der Waals surface area (Å²) in [5.74, 6) is -0.0494. The highest BCUT2D eigenvalue weighted by molar-refractivity contribution is 6.99. The smallest absolute Gasteiger partial charge is 0.261 e. The first-order chi connectivity index (χ1) is 11.5. The molecule has 2 nitrogen and oxygen atoms in total. The predicted molar refractivity (Wildman–Crippen MR) is 103 cm³/mol. The van der Waals surface area contributed by atoms with Gasteiger partial charge in [0.1, 0.15) is 6.29 Å². The lowest BCUT2D eigenvalue weighted by Gasteiger charge is -2.43. The minimum Gasteiger partial charge on any atom is -0.407 e. The first-order valence-corrected chi connectivity index (χ1v) is 10.6. The van der Waals surface area contributed by atoms with Crippen molar-refractivity contribution in [2.75, 3.05) is 6.61 Å². The number of carbonyl (C=O) groups is 1. The quantitative estimate of drug-likeness (QED) is 0.566. The van der Waals surface area contributed by atoms with E-state index in [0.29, 0.717) is 6.61 Å². The molecule has 0 saturated carbocycles. The van der Waals surface area contributed by atoms with E-state index in [0.717, 1.165) is 12.7 Å². The Morgan fingerprint density at radius 1 is 0.958 bits per heavy atom. The summed E-state index contributed by atoms with van der Waals surface area (Å²) < 4.78 is 6.72. The second-order valence-corrected chi connectivity index (χ2v) is 11.6. The monoisotopic (exact) mass is 340 g/mol. The van der Waals surface area contributed by atoms with Gasteiger partial charge < -0.3 is 9.22 Å². The van der Waals surface area contributed by atoms with E-state index in [-0.39, 0.29) is 11.0 Å². The Hall–Kier alpha value is -1.71. The molecular formula is C21H28O2Si. The number of hydrogen-bond acceptors (Lipinski definition) is 2. The summed E-state index contributed by atoms with van der Waals surface area (Å²) in [7, 11) is -2.50. The Labute approximate surface area is 147 Å². The van der Waals surface area contributed by atoms with Crippen LogP contribution < -0.4 is 10.4 Å². The highest BCUT2D eigenvalue weighted by Gasteiger charge is 2.50. The van der Waals surface area contributed by atoms with Crippen LogP contribution in [0.5, 0.6) is 0 Å². The second-order valence-electron chi connectivity index (χ2n) is 7.28. The Balaban J connectivity index is 2.59. The summed E-state index contributed by atoms with van der Waals surface area (Å²) in [5, 5.41) is 2.46. The van der Waals surface area contributed by atoms with Crippen LogP contribution in [0.3, 0.4) is 0 Å². The second kappa shape index (κ2) is 7.91. The molecule has 24 heavy (non-hydrogen) atoms. The third-order valence-electron chi connectivity index (χ3n) is 4.65. The van der Waals surface area contributed by atoms with Crippen LogP contribution >= 0.6 is 0 Å². The molecule has 0 unspecified atom stereocenters. The number of hydrogen-bond donors (Lipinski definition) is 0. The molecule has 2 aromatic carbocycles. The van der Waals surface area contributed by atoms with Crippen molar-refractivity contribution >= 4 is 25.0 Å². The van der Waals surface area contributed by atoms with Crippen molar-refractivity contribution in [1.82, 2.24) is 0 Å². The normalized spacial score (nSPS) is 13.5. The van der Waals surface area contributed by atoms with Crippen LogP contribution in [-0.4, -0.2) is 21.2 Å². The molecule has 0 heterocycles. The molecule has 0 radical (unpaired) electrons. The largest absolute Gasteiger partial charge is 0.407 e. The Kier molecular flexibility index (Phi) is 6.14. The molecule has 0 aliphatic carbocycles. The van der Waals surface area contributed by atoms with Gasteiger partial charge in [-0.2, -0.15) is 0 Å². The van der Waals surface area contributed by atoms with Gasteiger partial charge in [0.15, 0.2) is 0 Å². The highest BCUT2D eigenvalue weighted by Crippen LogP contribution is 2.37. The molecular weight excluding hydrogens is 312 g/mol. The Bertz CT molecular complexity index is 592. The van der Waals surface area contributed by atoms with E-state index in [4.69, 9.17) is 4.43 Å². The topological polar surface area (TPSA) is 26.3 Å². The van der Waals surface area contributed by atoms with Crippen molar-refractivity contribution in [2.24, 2.45) is 5.92 Å². The third kappa shape index (κ3) is 3.68. The molecule has 0 aliphatic rings. The Morgan fingerprint density at radius 2 is 1.42 bits per heavy atom. The molecule has 0 bridgehead atoms. The maximum Gasteiger partial charge on any atom is 0.261 e. The molecule has 2 rings (SSSR count). The van der Waals surface area contributed by atoms with Crippen molar-refractivity contribution in [3.63, 3.8) is 0 Å². The molecule has 0 amide bonds. The van der Waals surface area contributed by atoms with Gasteiger partial charge in [0.2, 0.25) is 0 Å². The molecule has 0 aliphatic heterocycles. The summed E-state index contributed by atoms with van der Waals surface area (Å²) in [4.78, 5) is 11.3. The van der Waals surface area contributed by atoms with Gasteiger partial charge in [-0.1, -0.05) is 88.4 Å². The van der Waals surface area contributed by atoms with Gasteiger partial charge in [0, 0.05) is 12.5 Å². The zero-order valence-electron chi connectivity index (χ0n) is 15.2. The summed E-state index contributed by atoms with van der Waals surface area (Å²) >= 11 is 0. The highest BCUT2D eigenvalue weighted by atomic mass is 28.4. The summed E-state index contributed by atoms with van der Waals surface area (Å²) in [6, 6.07) is 21.1. The van der Waals surface area contributed by atoms with Crippen LogP contribution in [-0.2, 0) is 9.22 Å². The summed E-state index contributed by atoms with van der Waals surface area (Å²) in [6.45, 7) is 9.27. The van der Waals surface area contributed by atoms with E-state index in [2.05, 4.69) is 69.3 Å². The molecule has 0 N–H and O–H groups in total. The van der Waals surface area contributed by atoms with Crippen LogP contribution in [0.15, 0.2) is 60.7 Å². The molecule has 0 aromatic heterocycles. The fourth-order valence-corrected chi connectivity index (χ4v) is 7.87. The molecule has 3 heteroatoms. The molecule has 0 saturated heterocycles. The van der Waals surface area contributed by atoms with Gasteiger partial charge in [-0.25, -0.2) is 0 Å². The van der Waals surface area contributed by atoms with Crippen molar-refractivity contribution in [3.05, 3.63) is 60.7 Å². The maximum atomic E-state index is 11.3. The van der Waals surface area contributed by atoms with Crippen molar-refractivity contribution in [3.8, 4) is 0 Å². The van der Waals surface area contributed by atoms with Crippen molar-refractivity contribution in [1.29, 1.82) is 0 Å². The molecule has 0 fully saturated rings. The Morgan fingerprint density at radius 3 is 1.75 bits per heavy atom. The first kappa shape index (κ1) is 18.6. The maximum absolute atomic E-state index is 11.3. The third-order valence-corrected chi connectivity index (χ3v) is 9.65. The van der Waals surface area contributed by atoms with Gasteiger partial charge in [0.05, 0.1) is 0 Å². The summed E-state index contributed by atoms with van der Waals surface area (Å²) in [5.41, 5.74) is 0. The lowest BCUT2D eigenvalue weighted by molar-refractivity contribution is -0.112. The van der Waals surface area contributed by atoms with E-state index in [9.17, 15) is 4.79 Å². The van der Waals surface area contributed by atoms with Gasteiger partial charge in [-0.05, 0) is 21.8 Å². The number of rotatable bonds is 7. The van der Waals surface area contributed by atoms with E-state index in [1.165, 1.54) is 10.4 Å². The predicted octanol–water partition coefficient (Wildman–Crippen LogP) is 3.79.